The molecule has 8 heteroatoms. The van der Waals surface area contributed by atoms with Gasteiger partial charge in [-0.1, -0.05) is 38.8 Å². The molecule has 8 nitrogen and oxygen atoms in total. The van der Waals surface area contributed by atoms with Gasteiger partial charge in [-0.15, -0.1) is 0 Å². The first-order valence-electron chi connectivity index (χ1n) is 12.9. The van der Waals surface area contributed by atoms with Crippen LogP contribution in [0.3, 0.4) is 0 Å². The van der Waals surface area contributed by atoms with Crippen LogP contribution in [-0.2, 0) is 19.0 Å². The Morgan fingerprint density at radius 1 is 1.11 bits per heavy atom. The number of aliphatic hydroxyl groups is 4. The molecule has 0 spiro atoms. The van der Waals surface area contributed by atoms with Crippen molar-refractivity contribution in [1.82, 2.24) is 0 Å². The Hall–Kier alpha value is -1.45. The molecule has 1 heterocycles. The highest BCUT2D eigenvalue weighted by atomic mass is 16.7. The predicted octanol–water partition coefficient (Wildman–Crippen LogP) is 3.15. The molecule has 4 aliphatic rings. The fraction of sp³-hybridized carbons (Fsp3) is 0.815. The third-order valence-electron chi connectivity index (χ3n) is 9.17. The third-order valence-corrected chi connectivity index (χ3v) is 9.17. The molecular formula is C27H42O8. The predicted molar refractivity (Wildman–Crippen MR) is 128 cm³/mol. The van der Waals surface area contributed by atoms with E-state index in [4.69, 9.17) is 14.2 Å². The van der Waals surface area contributed by atoms with E-state index in [-0.39, 0.29) is 35.7 Å². The molecule has 1 aliphatic heterocycles. The largest absolute Gasteiger partial charge is 0.512 e. The first-order valence-corrected chi connectivity index (χ1v) is 12.9. The van der Waals surface area contributed by atoms with Crippen molar-refractivity contribution >= 4 is 5.97 Å². The van der Waals surface area contributed by atoms with Crippen LogP contribution in [0.4, 0.5) is 0 Å². The minimum absolute atomic E-state index is 0.0212. The Kier molecular flexibility index (Phi) is 7.44. The highest BCUT2D eigenvalue weighted by Gasteiger charge is 2.57. The zero-order chi connectivity index (χ0) is 25.7. The van der Waals surface area contributed by atoms with Gasteiger partial charge >= 0.3 is 5.97 Å². The van der Waals surface area contributed by atoms with Crippen molar-refractivity contribution < 1.29 is 39.4 Å². The topological polar surface area (TPSA) is 126 Å². The SMILES string of the molecule is CC(=O)OCC1=C(O)CC2C3=C(C(C)C)CC[C@]3(C)CC[C@@]2(C)[C@@H](O[C@@H]2OC[C@@H](O)[C@H](O)[C@H]2O)C1. The molecule has 0 aromatic heterocycles. The fourth-order valence-electron chi connectivity index (χ4n) is 6.85. The number of allylic oxidation sites excluding steroid dienone is 3. The molecule has 0 radical (unpaired) electrons. The summed E-state index contributed by atoms with van der Waals surface area (Å²) in [6.45, 7) is 10.2. The molecule has 1 saturated heterocycles. The molecule has 1 saturated carbocycles. The van der Waals surface area contributed by atoms with Crippen LogP contribution in [-0.4, -0.2) is 70.3 Å². The second-order valence-electron chi connectivity index (χ2n) is 11.8. The maximum Gasteiger partial charge on any atom is 0.302 e. The lowest BCUT2D eigenvalue weighted by atomic mass is 9.54. The number of esters is 1. The number of fused-ring (bicyclic) bond motifs is 3. The summed E-state index contributed by atoms with van der Waals surface area (Å²) in [5.74, 6) is 0.244. The molecule has 0 aromatic rings. The summed E-state index contributed by atoms with van der Waals surface area (Å²) in [5.41, 5.74) is 3.20. The molecule has 35 heavy (non-hydrogen) atoms. The summed E-state index contributed by atoms with van der Waals surface area (Å²) < 4.78 is 17.3. The van der Waals surface area contributed by atoms with Gasteiger partial charge in [0.1, 0.15) is 24.9 Å². The van der Waals surface area contributed by atoms with Gasteiger partial charge in [0.05, 0.1) is 18.5 Å². The number of carbonyl (C=O) groups is 1. The van der Waals surface area contributed by atoms with Crippen LogP contribution in [0.15, 0.2) is 22.5 Å². The summed E-state index contributed by atoms with van der Waals surface area (Å²) >= 11 is 0. The van der Waals surface area contributed by atoms with Gasteiger partial charge in [0, 0.05) is 30.8 Å². The molecule has 4 N–H and O–H groups in total. The van der Waals surface area contributed by atoms with E-state index in [0.717, 1.165) is 25.7 Å². The van der Waals surface area contributed by atoms with Crippen LogP contribution in [0.5, 0.6) is 0 Å². The van der Waals surface area contributed by atoms with E-state index in [1.165, 1.54) is 18.1 Å². The second kappa shape index (κ2) is 9.78. The van der Waals surface area contributed by atoms with E-state index in [0.29, 0.717) is 24.3 Å². The maximum absolute atomic E-state index is 11.5. The molecule has 2 fully saturated rings. The molecule has 8 atom stereocenters. The van der Waals surface area contributed by atoms with Gasteiger partial charge in [0.2, 0.25) is 0 Å². The summed E-state index contributed by atoms with van der Waals surface area (Å²) in [7, 11) is 0. The van der Waals surface area contributed by atoms with Gasteiger partial charge in [-0.3, -0.25) is 4.79 Å². The third kappa shape index (κ3) is 4.80. The second-order valence-corrected chi connectivity index (χ2v) is 11.8. The van der Waals surface area contributed by atoms with Crippen molar-refractivity contribution in [2.24, 2.45) is 22.7 Å². The van der Waals surface area contributed by atoms with Gasteiger partial charge in [-0.2, -0.15) is 0 Å². The number of hydrogen-bond acceptors (Lipinski definition) is 8. The summed E-state index contributed by atoms with van der Waals surface area (Å²) in [5, 5.41) is 41.9. The average Bonchev–Trinajstić information content (AvgIpc) is 3.10. The number of hydrogen-bond donors (Lipinski definition) is 4. The molecule has 198 valence electrons. The summed E-state index contributed by atoms with van der Waals surface area (Å²) in [6, 6.07) is 0. The van der Waals surface area contributed by atoms with E-state index in [1.54, 1.807) is 0 Å². The monoisotopic (exact) mass is 494 g/mol. The van der Waals surface area contributed by atoms with Crippen molar-refractivity contribution in [2.75, 3.05) is 13.2 Å². The Balaban J connectivity index is 1.74. The zero-order valence-electron chi connectivity index (χ0n) is 21.6. The molecule has 1 unspecified atom stereocenters. The highest BCUT2D eigenvalue weighted by molar-refractivity contribution is 5.66. The van der Waals surface area contributed by atoms with Crippen molar-refractivity contribution in [3.05, 3.63) is 22.5 Å². The van der Waals surface area contributed by atoms with Crippen LogP contribution >= 0.6 is 0 Å². The van der Waals surface area contributed by atoms with Gasteiger partial charge in [0.25, 0.3) is 0 Å². The number of aliphatic hydroxyl groups excluding tert-OH is 4. The van der Waals surface area contributed by atoms with Crippen molar-refractivity contribution in [1.29, 1.82) is 0 Å². The van der Waals surface area contributed by atoms with Crippen LogP contribution in [0.1, 0.15) is 73.1 Å². The number of ether oxygens (including phenoxy) is 3. The summed E-state index contributed by atoms with van der Waals surface area (Å²) in [4.78, 5) is 11.5. The molecule has 4 rings (SSSR count). The standard InChI is InChI=1S/C27H42O8/c1-14(2)17-6-7-26(4)8-9-27(5)18(22(17)26)11-19(29)16(12-33-15(3)28)10-21(27)35-25-24(32)23(31)20(30)13-34-25/h14,18,20-21,23-25,29-32H,6-13H2,1-5H3/t18?,20-,21+,23+,24-,25+,26-,27-/m1/s1. The van der Waals surface area contributed by atoms with Gasteiger partial charge < -0.3 is 34.6 Å². The van der Waals surface area contributed by atoms with Crippen LogP contribution in [0, 0.1) is 22.7 Å². The van der Waals surface area contributed by atoms with E-state index < -0.39 is 36.7 Å². The molecule has 0 amide bonds. The average molecular weight is 495 g/mol. The zero-order valence-corrected chi connectivity index (χ0v) is 21.6. The fourth-order valence-corrected chi connectivity index (χ4v) is 6.85. The Morgan fingerprint density at radius 3 is 2.49 bits per heavy atom. The van der Waals surface area contributed by atoms with Crippen molar-refractivity contribution in [3.8, 4) is 0 Å². The molecule has 0 aromatic carbocycles. The van der Waals surface area contributed by atoms with Gasteiger partial charge in [0.15, 0.2) is 6.29 Å². The van der Waals surface area contributed by atoms with Crippen LogP contribution < -0.4 is 0 Å². The lowest BCUT2D eigenvalue weighted by molar-refractivity contribution is -0.295. The van der Waals surface area contributed by atoms with Crippen molar-refractivity contribution in [2.45, 2.75) is 104 Å². The minimum Gasteiger partial charge on any atom is -0.512 e. The lowest BCUT2D eigenvalue weighted by Crippen LogP contribution is -2.56. The van der Waals surface area contributed by atoms with Gasteiger partial charge in [-0.05, 0) is 42.9 Å². The Bertz CT molecular complexity index is 894. The maximum atomic E-state index is 11.5. The quantitative estimate of drug-likeness (QED) is 0.339. The van der Waals surface area contributed by atoms with Gasteiger partial charge in [-0.25, -0.2) is 0 Å². The van der Waals surface area contributed by atoms with Crippen molar-refractivity contribution in [3.63, 3.8) is 0 Å². The van der Waals surface area contributed by atoms with E-state index >= 15 is 0 Å². The van der Waals surface area contributed by atoms with E-state index in [2.05, 4.69) is 27.7 Å². The number of carbonyl (C=O) groups excluding carboxylic acids is 1. The highest BCUT2D eigenvalue weighted by Crippen LogP contribution is 2.64. The minimum atomic E-state index is -1.40. The number of rotatable bonds is 5. The first-order chi connectivity index (χ1) is 16.4. The first kappa shape index (κ1) is 26.6. The summed E-state index contributed by atoms with van der Waals surface area (Å²) in [6.07, 6.45) is -0.723. The van der Waals surface area contributed by atoms with Crippen LogP contribution in [0.25, 0.3) is 0 Å². The Morgan fingerprint density at radius 2 is 1.83 bits per heavy atom. The van der Waals surface area contributed by atoms with Crippen LogP contribution in [0.2, 0.25) is 0 Å². The molecule has 3 aliphatic carbocycles. The Labute approximate surface area is 208 Å². The lowest BCUT2D eigenvalue weighted by Gasteiger charge is -2.53. The van der Waals surface area contributed by atoms with E-state index in [9.17, 15) is 25.2 Å². The molecular weight excluding hydrogens is 452 g/mol. The smallest absolute Gasteiger partial charge is 0.302 e. The normalized spacial score (nSPS) is 42.1. The molecule has 0 bridgehead atoms. The van der Waals surface area contributed by atoms with E-state index in [1.807, 2.05) is 0 Å².